The summed E-state index contributed by atoms with van der Waals surface area (Å²) in [5, 5.41) is 12.9. The number of β-amino-alcohol motifs (C(OH)–C–C–N with tert-alkyl or cyclic N) is 1. The highest BCUT2D eigenvalue weighted by Crippen LogP contribution is 2.18. The van der Waals surface area contributed by atoms with Crippen molar-refractivity contribution in [2.24, 2.45) is 5.92 Å². The monoisotopic (exact) mass is 395 g/mol. The minimum Gasteiger partial charge on any atom is -0.391 e. The number of rotatable bonds is 6. The maximum atomic E-state index is 12.1. The van der Waals surface area contributed by atoms with Gasteiger partial charge in [-0.3, -0.25) is 9.69 Å². The number of benzene rings is 1. The third kappa shape index (κ3) is 6.00. The molecule has 0 aliphatic carbocycles. The predicted molar refractivity (Wildman–Crippen MR) is 104 cm³/mol. The molecule has 0 saturated carbocycles. The van der Waals surface area contributed by atoms with Crippen LogP contribution < -0.4 is 5.32 Å². The molecule has 2 atom stereocenters. The first-order chi connectivity index (χ1) is 12.8. The van der Waals surface area contributed by atoms with Crippen LogP contribution in [0.4, 0.5) is 0 Å². The van der Waals surface area contributed by atoms with Gasteiger partial charge in [0.15, 0.2) is 9.84 Å². The van der Waals surface area contributed by atoms with E-state index in [4.69, 9.17) is 0 Å². The van der Waals surface area contributed by atoms with Crippen molar-refractivity contribution in [1.82, 2.24) is 15.1 Å². The average Bonchev–Trinajstić information content (AvgIpc) is 2.93. The Hall–Kier alpha value is -1.48. The van der Waals surface area contributed by atoms with Gasteiger partial charge in [0.2, 0.25) is 5.91 Å². The van der Waals surface area contributed by atoms with Crippen molar-refractivity contribution >= 4 is 15.7 Å². The SMILES string of the molecule is CN1C[C@@H](CC(=O)NCc2ccc(CN3CCS(=O)(=O)CC3)cc2)[C@H](O)C1. The lowest BCUT2D eigenvalue weighted by Crippen LogP contribution is -2.39. The summed E-state index contributed by atoms with van der Waals surface area (Å²) in [6, 6.07) is 8.05. The number of amides is 1. The maximum Gasteiger partial charge on any atom is 0.220 e. The lowest BCUT2D eigenvalue weighted by atomic mass is 10.0. The molecule has 0 spiro atoms. The zero-order chi connectivity index (χ0) is 19.4. The molecule has 3 rings (SSSR count). The van der Waals surface area contributed by atoms with Crippen LogP contribution in [0.5, 0.6) is 0 Å². The highest BCUT2D eigenvalue weighted by atomic mass is 32.2. The summed E-state index contributed by atoms with van der Waals surface area (Å²) in [7, 11) is -0.896. The molecule has 1 aromatic rings. The Morgan fingerprint density at radius 3 is 2.37 bits per heavy atom. The fourth-order valence-corrected chi connectivity index (χ4v) is 4.98. The van der Waals surface area contributed by atoms with Crippen LogP contribution in [0.2, 0.25) is 0 Å². The van der Waals surface area contributed by atoms with Gasteiger partial charge in [-0.15, -0.1) is 0 Å². The molecule has 7 nitrogen and oxygen atoms in total. The average molecular weight is 396 g/mol. The van der Waals surface area contributed by atoms with Gasteiger partial charge in [0.25, 0.3) is 0 Å². The van der Waals surface area contributed by atoms with Crippen LogP contribution in [-0.4, -0.2) is 80.1 Å². The summed E-state index contributed by atoms with van der Waals surface area (Å²) in [5.41, 5.74) is 2.17. The minimum absolute atomic E-state index is 0.00531. The van der Waals surface area contributed by atoms with Gasteiger partial charge in [-0.25, -0.2) is 8.42 Å². The molecule has 2 fully saturated rings. The van der Waals surface area contributed by atoms with Crippen LogP contribution in [0.3, 0.4) is 0 Å². The van der Waals surface area contributed by atoms with Crippen molar-refractivity contribution < 1.29 is 18.3 Å². The van der Waals surface area contributed by atoms with E-state index < -0.39 is 15.9 Å². The first-order valence-electron chi connectivity index (χ1n) is 9.45. The zero-order valence-electron chi connectivity index (χ0n) is 15.8. The second-order valence-electron chi connectivity index (χ2n) is 7.77. The third-order valence-electron chi connectivity index (χ3n) is 5.39. The zero-order valence-corrected chi connectivity index (χ0v) is 16.6. The topological polar surface area (TPSA) is 90.0 Å². The summed E-state index contributed by atoms with van der Waals surface area (Å²) in [4.78, 5) is 16.3. The Kier molecular flexibility index (Phi) is 6.52. The lowest BCUT2D eigenvalue weighted by Gasteiger charge is -2.26. The molecule has 1 aromatic carbocycles. The lowest BCUT2D eigenvalue weighted by molar-refractivity contribution is -0.122. The molecule has 0 unspecified atom stereocenters. The van der Waals surface area contributed by atoms with Gasteiger partial charge in [-0.2, -0.15) is 0 Å². The molecule has 27 heavy (non-hydrogen) atoms. The van der Waals surface area contributed by atoms with Gasteiger partial charge in [0, 0.05) is 51.6 Å². The Labute approximate surface area is 161 Å². The molecule has 0 bridgehead atoms. The van der Waals surface area contributed by atoms with E-state index in [1.807, 2.05) is 36.2 Å². The summed E-state index contributed by atoms with van der Waals surface area (Å²) in [6.45, 7) is 3.77. The fourth-order valence-electron chi connectivity index (χ4n) is 3.71. The smallest absolute Gasteiger partial charge is 0.220 e. The van der Waals surface area contributed by atoms with Crippen molar-refractivity contribution in [3.63, 3.8) is 0 Å². The number of hydrogen-bond donors (Lipinski definition) is 2. The number of sulfone groups is 1. The molecular weight excluding hydrogens is 366 g/mol. The van der Waals surface area contributed by atoms with Crippen LogP contribution in [0.15, 0.2) is 24.3 Å². The first-order valence-corrected chi connectivity index (χ1v) is 11.3. The van der Waals surface area contributed by atoms with E-state index >= 15 is 0 Å². The van der Waals surface area contributed by atoms with Crippen molar-refractivity contribution in [3.05, 3.63) is 35.4 Å². The number of carbonyl (C=O) groups excluding carboxylic acids is 1. The number of aliphatic hydroxyl groups excluding tert-OH is 1. The highest BCUT2D eigenvalue weighted by Gasteiger charge is 2.30. The summed E-state index contributed by atoms with van der Waals surface area (Å²) < 4.78 is 23.0. The summed E-state index contributed by atoms with van der Waals surface area (Å²) in [6.07, 6.45) is -0.0774. The van der Waals surface area contributed by atoms with Crippen molar-refractivity contribution in [1.29, 1.82) is 0 Å². The summed E-state index contributed by atoms with van der Waals surface area (Å²) in [5.74, 6) is 0.448. The fraction of sp³-hybridized carbons (Fsp3) is 0.632. The number of likely N-dealkylation sites (N-methyl/N-ethyl adjacent to an activating group) is 1. The molecule has 0 radical (unpaired) electrons. The van der Waals surface area contributed by atoms with E-state index in [-0.39, 0.29) is 23.3 Å². The summed E-state index contributed by atoms with van der Waals surface area (Å²) >= 11 is 0. The molecule has 1 amide bonds. The van der Waals surface area contributed by atoms with Gasteiger partial charge < -0.3 is 15.3 Å². The van der Waals surface area contributed by atoms with E-state index in [1.165, 1.54) is 0 Å². The number of hydrogen-bond acceptors (Lipinski definition) is 6. The molecule has 2 aliphatic heterocycles. The molecule has 0 aromatic heterocycles. The second-order valence-corrected chi connectivity index (χ2v) is 10.1. The quantitative estimate of drug-likeness (QED) is 0.696. The standard InChI is InChI=1S/C19H29N3O4S/c1-21-13-17(18(23)14-21)10-19(24)20-11-15-2-4-16(5-3-15)12-22-6-8-27(25,26)9-7-22/h2-5,17-18,23H,6-14H2,1H3,(H,20,24)/t17-,18-/m1/s1. The number of nitrogens with zero attached hydrogens (tertiary/aromatic N) is 2. The van der Waals surface area contributed by atoms with E-state index in [0.717, 1.165) is 24.2 Å². The largest absolute Gasteiger partial charge is 0.391 e. The van der Waals surface area contributed by atoms with Crippen LogP contribution in [0, 0.1) is 5.92 Å². The highest BCUT2D eigenvalue weighted by molar-refractivity contribution is 7.91. The number of nitrogens with one attached hydrogen (secondary N) is 1. The van der Waals surface area contributed by atoms with Crippen molar-refractivity contribution in [3.8, 4) is 0 Å². The second kappa shape index (κ2) is 8.68. The Morgan fingerprint density at radius 1 is 1.15 bits per heavy atom. The van der Waals surface area contributed by atoms with E-state index in [0.29, 0.717) is 32.6 Å². The van der Waals surface area contributed by atoms with Gasteiger partial charge in [0.1, 0.15) is 0 Å². The third-order valence-corrected chi connectivity index (χ3v) is 7.00. The minimum atomic E-state index is -2.85. The van der Waals surface area contributed by atoms with Crippen LogP contribution in [-0.2, 0) is 27.7 Å². The number of carbonyl (C=O) groups is 1. The van der Waals surface area contributed by atoms with E-state index in [1.54, 1.807) is 0 Å². The molecule has 2 aliphatic rings. The van der Waals surface area contributed by atoms with Crippen LogP contribution in [0.25, 0.3) is 0 Å². The Balaban J connectivity index is 1.42. The van der Waals surface area contributed by atoms with Gasteiger partial charge in [0.05, 0.1) is 17.6 Å². The number of aliphatic hydroxyl groups is 1. The van der Waals surface area contributed by atoms with Gasteiger partial charge in [-0.1, -0.05) is 24.3 Å². The molecule has 150 valence electrons. The molecular formula is C19H29N3O4S. The molecule has 2 saturated heterocycles. The van der Waals surface area contributed by atoms with Crippen molar-refractivity contribution in [2.75, 3.05) is 44.7 Å². The van der Waals surface area contributed by atoms with E-state index in [2.05, 4.69) is 10.2 Å². The predicted octanol–water partition coefficient (Wildman–Crippen LogP) is -0.154. The molecule has 2 N–H and O–H groups in total. The Bertz CT molecular complexity index is 737. The maximum absolute atomic E-state index is 12.1. The molecule has 2 heterocycles. The van der Waals surface area contributed by atoms with Gasteiger partial charge in [-0.05, 0) is 18.2 Å². The normalized spacial score (nSPS) is 26.1. The van der Waals surface area contributed by atoms with Crippen molar-refractivity contribution in [2.45, 2.75) is 25.6 Å². The number of likely N-dealkylation sites (tertiary alicyclic amines) is 1. The molecule has 8 heteroatoms. The Morgan fingerprint density at radius 2 is 1.78 bits per heavy atom. The van der Waals surface area contributed by atoms with Crippen LogP contribution >= 0.6 is 0 Å². The van der Waals surface area contributed by atoms with Gasteiger partial charge >= 0.3 is 0 Å². The van der Waals surface area contributed by atoms with E-state index in [9.17, 15) is 18.3 Å². The van der Waals surface area contributed by atoms with Crippen LogP contribution in [0.1, 0.15) is 17.5 Å². The first kappa shape index (κ1) is 20.3.